The van der Waals surface area contributed by atoms with Crippen LogP contribution < -0.4 is 29.4 Å². The molecule has 0 aliphatic heterocycles. The van der Waals surface area contributed by atoms with Crippen LogP contribution in [0.3, 0.4) is 0 Å². The first-order chi connectivity index (χ1) is 49.4. The highest BCUT2D eigenvalue weighted by molar-refractivity contribution is 5.83. The molecule has 0 amide bonds. The van der Waals surface area contributed by atoms with Gasteiger partial charge in [-0.15, -0.1) is 0 Å². The van der Waals surface area contributed by atoms with Gasteiger partial charge in [0.1, 0.15) is 0 Å². The van der Waals surface area contributed by atoms with Gasteiger partial charge >= 0.3 is 0 Å². The van der Waals surface area contributed by atoms with Crippen LogP contribution in [0.4, 0.5) is 56.9 Å². The van der Waals surface area contributed by atoms with Crippen molar-refractivity contribution in [2.75, 3.05) is 81.8 Å². The molecule has 5 aromatic carbocycles. The molecular formula is C94H156N6. The van der Waals surface area contributed by atoms with Gasteiger partial charge < -0.3 is 29.4 Å². The Labute approximate surface area is 620 Å². The Bertz CT molecular complexity index is 2210. The number of hydrogen-bond acceptors (Lipinski definition) is 6. The minimum Gasteiger partial charge on any atom is -0.372 e. The SMILES string of the molecule is CCCCCCCCN(CCCCCCCC)c1ccc(N(c2ccc(N(CCCCCCCC)CCCCCCCC)cc2)c2ccc(N(c3ccc(N(CCCCCCCC)CCCCCCCC)cc3)c3ccc(N(CCCCCCCC)CCCCCCCC)cc3)cc2)cc1. The van der Waals surface area contributed by atoms with Crippen molar-refractivity contribution >= 4 is 56.9 Å². The summed E-state index contributed by atoms with van der Waals surface area (Å²) in [6.45, 7) is 27.7. The number of benzene rings is 5. The van der Waals surface area contributed by atoms with Crippen LogP contribution in [-0.2, 0) is 0 Å². The second-order valence-corrected chi connectivity index (χ2v) is 30.3. The van der Waals surface area contributed by atoms with Gasteiger partial charge in [0, 0.05) is 109 Å². The molecule has 5 aromatic rings. The fourth-order valence-electron chi connectivity index (χ4n) is 15.0. The second-order valence-electron chi connectivity index (χ2n) is 30.3. The van der Waals surface area contributed by atoms with Gasteiger partial charge in [-0.3, -0.25) is 0 Å². The molecule has 0 heterocycles. The molecule has 6 nitrogen and oxygen atoms in total. The van der Waals surface area contributed by atoms with Crippen LogP contribution in [-0.4, -0.2) is 52.4 Å². The van der Waals surface area contributed by atoms with Crippen LogP contribution >= 0.6 is 0 Å². The summed E-state index contributed by atoms with van der Waals surface area (Å²) in [5.74, 6) is 0. The van der Waals surface area contributed by atoms with Gasteiger partial charge in [0.2, 0.25) is 0 Å². The van der Waals surface area contributed by atoms with E-state index >= 15 is 0 Å². The van der Waals surface area contributed by atoms with Crippen molar-refractivity contribution in [1.82, 2.24) is 0 Å². The van der Waals surface area contributed by atoms with E-state index in [2.05, 4.69) is 206 Å². The Balaban J connectivity index is 1.59. The monoisotopic (exact) mass is 1370 g/mol. The first kappa shape index (κ1) is 85.5. The first-order valence-electron chi connectivity index (χ1n) is 43.5. The van der Waals surface area contributed by atoms with E-state index < -0.39 is 0 Å². The predicted octanol–water partition coefficient (Wildman–Crippen LogP) is 30.7. The van der Waals surface area contributed by atoms with Crippen molar-refractivity contribution in [3.05, 3.63) is 121 Å². The first-order valence-corrected chi connectivity index (χ1v) is 43.5. The third-order valence-electron chi connectivity index (χ3n) is 21.5. The van der Waals surface area contributed by atoms with E-state index in [-0.39, 0.29) is 0 Å². The van der Waals surface area contributed by atoms with Crippen molar-refractivity contribution < 1.29 is 0 Å². The highest BCUT2D eigenvalue weighted by Gasteiger charge is 2.20. The molecule has 562 valence electrons. The number of rotatable bonds is 66. The molecular weight excluding hydrogens is 1210 g/mol. The van der Waals surface area contributed by atoms with Crippen LogP contribution in [0.25, 0.3) is 0 Å². The van der Waals surface area contributed by atoms with E-state index in [1.54, 1.807) is 0 Å². The average molecular weight is 1370 g/mol. The Morgan fingerprint density at radius 3 is 0.350 bits per heavy atom. The van der Waals surface area contributed by atoms with E-state index in [1.165, 1.54) is 365 Å². The zero-order valence-electron chi connectivity index (χ0n) is 66.8. The quantitative estimate of drug-likeness (QED) is 0.0359. The highest BCUT2D eigenvalue weighted by atomic mass is 15.2. The van der Waals surface area contributed by atoms with Gasteiger partial charge in [0.15, 0.2) is 0 Å². The highest BCUT2D eigenvalue weighted by Crippen LogP contribution is 2.41. The van der Waals surface area contributed by atoms with Crippen molar-refractivity contribution in [3.8, 4) is 0 Å². The minimum atomic E-state index is 1.14. The molecule has 0 aromatic heterocycles. The standard InChI is InChI=1S/C94H156N6/c1-9-17-25-33-41-49-77-95(78-50-42-34-26-18-10-2)85-57-65-89(66-58-85)99(90-67-59-86(60-68-90)96(79-51-43-35-27-19-11-3)80-52-44-36-28-20-12-4)93-73-75-94(76-74-93)100(91-69-61-87(62-70-91)97(81-53-45-37-29-21-13-5)82-54-46-38-30-22-14-6)92-71-63-88(64-72-92)98(83-55-47-39-31-23-15-7)84-56-48-40-32-24-16-8/h57-76H,9-56,77-84H2,1-8H3. The van der Waals surface area contributed by atoms with E-state index in [1.807, 2.05) is 0 Å². The third-order valence-corrected chi connectivity index (χ3v) is 21.5. The molecule has 0 saturated heterocycles. The Morgan fingerprint density at radius 2 is 0.230 bits per heavy atom. The molecule has 0 unspecified atom stereocenters. The Kier molecular flexibility index (Phi) is 49.0. The molecule has 0 atom stereocenters. The number of unbranched alkanes of at least 4 members (excludes halogenated alkanes) is 40. The van der Waals surface area contributed by atoms with Gasteiger partial charge in [0.25, 0.3) is 0 Å². The van der Waals surface area contributed by atoms with Crippen molar-refractivity contribution in [1.29, 1.82) is 0 Å². The molecule has 0 aliphatic rings. The fraction of sp³-hybridized carbons (Fsp3) is 0.681. The number of hydrogen-bond donors (Lipinski definition) is 0. The van der Waals surface area contributed by atoms with Crippen LogP contribution in [0.5, 0.6) is 0 Å². The van der Waals surface area contributed by atoms with E-state index in [4.69, 9.17) is 0 Å². The van der Waals surface area contributed by atoms with Crippen LogP contribution in [0, 0.1) is 0 Å². The minimum absolute atomic E-state index is 1.14. The molecule has 0 saturated carbocycles. The van der Waals surface area contributed by atoms with E-state index in [0.29, 0.717) is 0 Å². The smallest absolute Gasteiger partial charge is 0.0463 e. The van der Waals surface area contributed by atoms with Crippen LogP contribution in [0.1, 0.15) is 364 Å². The van der Waals surface area contributed by atoms with Gasteiger partial charge in [0.05, 0.1) is 0 Å². The summed E-state index contributed by atoms with van der Waals surface area (Å²) in [5, 5.41) is 0. The lowest BCUT2D eigenvalue weighted by molar-refractivity contribution is 0.575. The third kappa shape index (κ3) is 35.4. The molecule has 0 bridgehead atoms. The van der Waals surface area contributed by atoms with Crippen molar-refractivity contribution in [3.63, 3.8) is 0 Å². The molecule has 0 spiro atoms. The number of nitrogens with zero attached hydrogens (tertiary/aromatic N) is 6. The fourth-order valence-corrected chi connectivity index (χ4v) is 15.0. The molecule has 0 aliphatic carbocycles. The zero-order valence-corrected chi connectivity index (χ0v) is 66.8. The molecule has 100 heavy (non-hydrogen) atoms. The number of anilines is 10. The molecule has 0 N–H and O–H groups in total. The Hall–Kier alpha value is -5.10. The summed E-state index contributed by atoms with van der Waals surface area (Å²) in [7, 11) is 0. The maximum absolute atomic E-state index is 2.72. The van der Waals surface area contributed by atoms with Gasteiger partial charge in [-0.25, -0.2) is 0 Å². The lowest BCUT2D eigenvalue weighted by atomic mass is 10.1. The summed E-state index contributed by atoms with van der Waals surface area (Å²) in [5.41, 5.74) is 12.7. The average Bonchev–Trinajstić information content (AvgIpc) is 0.791. The van der Waals surface area contributed by atoms with E-state index in [0.717, 1.165) is 52.4 Å². The predicted molar refractivity (Wildman–Crippen MR) is 452 cm³/mol. The topological polar surface area (TPSA) is 19.4 Å². The molecule has 0 radical (unpaired) electrons. The molecule has 0 fully saturated rings. The van der Waals surface area contributed by atoms with Crippen molar-refractivity contribution in [2.45, 2.75) is 364 Å². The molecule has 5 rings (SSSR count). The largest absolute Gasteiger partial charge is 0.372 e. The zero-order chi connectivity index (χ0) is 71.0. The normalized spacial score (nSPS) is 11.4. The summed E-state index contributed by atoms with van der Waals surface area (Å²) >= 11 is 0. The molecule has 6 heteroatoms. The van der Waals surface area contributed by atoms with Crippen LogP contribution in [0.2, 0.25) is 0 Å². The summed E-state index contributed by atoms with van der Waals surface area (Å²) in [4.78, 5) is 16.0. The van der Waals surface area contributed by atoms with Crippen molar-refractivity contribution in [2.24, 2.45) is 0 Å². The summed E-state index contributed by atoms with van der Waals surface area (Å²) < 4.78 is 0. The summed E-state index contributed by atoms with van der Waals surface area (Å²) in [6, 6.07) is 48.6. The van der Waals surface area contributed by atoms with Gasteiger partial charge in [-0.1, -0.05) is 312 Å². The second kappa shape index (κ2) is 57.3. The van der Waals surface area contributed by atoms with Gasteiger partial charge in [-0.2, -0.15) is 0 Å². The van der Waals surface area contributed by atoms with Crippen LogP contribution in [0.15, 0.2) is 121 Å². The summed E-state index contributed by atoms with van der Waals surface area (Å²) in [6.07, 6.45) is 63.7. The van der Waals surface area contributed by atoms with E-state index in [9.17, 15) is 0 Å². The lowest BCUT2D eigenvalue weighted by Crippen LogP contribution is -2.26. The lowest BCUT2D eigenvalue weighted by Gasteiger charge is -2.31. The maximum Gasteiger partial charge on any atom is 0.0463 e. The van der Waals surface area contributed by atoms with Gasteiger partial charge in [-0.05, 0) is 173 Å². The maximum atomic E-state index is 2.72. The Morgan fingerprint density at radius 1 is 0.130 bits per heavy atom.